The van der Waals surface area contributed by atoms with Crippen molar-refractivity contribution in [2.45, 2.75) is 6.92 Å². The molecule has 0 fully saturated rings. The zero-order valence-electron chi connectivity index (χ0n) is 11.0. The molecule has 1 amide bonds. The summed E-state index contributed by atoms with van der Waals surface area (Å²) in [5.41, 5.74) is 8.55. The quantitative estimate of drug-likeness (QED) is 0.822. The predicted molar refractivity (Wildman–Crippen MR) is 76.1 cm³/mol. The molecule has 1 aliphatic rings. The van der Waals surface area contributed by atoms with E-state index in [0.717, 1.165) is 5.56 Å². The van der Waals surface area contributed by atoms with Crippen LogP contribution in [0.3, 0.4) is 0 Å². The molecule has 0 spiro atoms. The van der Waals surface area contributed by atoms with Crippen molar-refractivity contribution < 1.29 is 14.3 Å². The highest BCUT2D eigenvalue weighted by atomic mass is 16.7. The fourth-order valence-corrected chi connectivity index (χ4v) is 2.03. The van der Waals surface area contributed by atoms with Gasteiger partial charge in [0.15, 0.2) is 11.5 Å². The Morgan fingerprint density at radius 2 is 1.95 bits per heavy atom. The van der Waals surface area contributed by atoms with Crippen molar-refractivity contribution in [1.82, 2.24) is 0 Å². The number of nitrogens with two attached hydrogens (primary N) is 1. The molecule has 0 saturated carbocycles. The van der Waals surface area contributed by atoms with Gasteiger partial charge in [0.25, 0.3) is 5.91 Å². The van der Waals surface area contributed by atoms with Crippen molar-refractivity contribution in [2.24, 2.45) is 0 Å². The van der Waals surface area contributed by atoms with Crippen LogP contribution in [-0.4, -0.2) is 12.7 Å². The second-order valence-corrected chi connectivity index (χ2v) is 4.61. The Morgan fingerprint density at radius 3 is 2.75 bits per heavy atom. The van der Waals surface area contributed by atoms with Gasteiger partial charge in [0, 0.05) is 5.56 Å². The molecule has 0 aliphatic carbocycles. The Labute approximate surface area is 116 Å². The van der Waals surface area contributed by atoms with Crippen molar-refractivity contribution in [3.8, 4) is 11.5 Å². The van der Waals surface area contributed by atoms with Gasteiger partial charge in [-0.2, -0.15) is 0 Å². The van der Waals surface area contributed by atoms with E-state index in [4.69, 9.17) is 15.2 Å². The Bertz CT molecular complexity index is 683. The minimum absolute atomic E-state index is 0.186. The van der Waals surface area contributed by atoms with Gasteiger partial charge in [0.1, 0.15) is 0 Å². The Balaban J connectivity index is 1.82. The van der Waals surface area contributed by atoms with Gasteiger partial charge in [-0.15, -0.1) is 0 Å². The lowest BCUT2D eigenvalue weighted by Gasteiger charge is -2.09. The number of nitrogen functional groups attached to an aromatic ring is 1. The van der Waals surface area contributed by atoms with Crippen molar-refractivity contribution >= 4 is 17.3 Å². The Kier molecular flexibility index (Phi) is 2.95. The molecule has 2 aromatic carbocycles. The van der Waals surface area contributed by atoms with E-state index in [2.05, 4.69) is 5.32 Å². The number of nitrogens with one attached hydrogen (secondary N) is 1. The van der Waals surface area contributed by atoms with Crippen molar-refractivity contribution in [3.63, 3.8) is 0 Å². The second kappa shape index (κ2) is 4.77. The molecule has 20 heavy (non-hydrogen) atoms. The zero-order valence-corrected chi connectivity index (χ0v) is 11.0. The van der Waals surface area contributed by atoms with Crippen molar-refractivity contribution in [2.75, 3.05) is 17.8 Å². The fourth-order valence-electron chi connectivity index (χ4n) is 2.03. The third-order valence-electron chi connectivity index (χ3n) is 3.09. The van der Waals surface area contributed by atoms with E-state index in [-0.39, 0.29) is 12.7 Å². The van der Waals surface area contributed by atoms with Gasteiger partial charge in [0.05, 0.1) is 11.4 Å². The molecule has 3 N–H and O–H groups in total. The van der Waals surface area contributed by atoms with Crippen LogP contribution < -0.4 is 20.5 Å². The van der Waals surface area contributed by atoms with Crippen LogP contribution in [0.4, 0.5) is 11.4 Å². The minimum atomic E-state index is -0.237. The first-order chi connectivity index (χ1) is 9.63. The first-order valence-corrected chi connectivity index (χ1v) is 6.20. The number of benzene rings is 2. The van der Waals surface area contributed by atoms with Crippen LogP contribution in [0.2, 0.25) is 0 Å². The van der Waals surface area contributed by atoms with Gasteiger partial charge in [-0.25, -0.2) is 0 Å². The van der Waals surface area contributed by atoms with Crippen LogP contribution >= 0.6 is 0 Å². The molecule has 0 radical (unpaired) electrons. The number of carbonyl (C=O) groups is 1. The minimum Gasteiger partial charge on any atom is -0.454 e. The largest absolute Gasteiger partial charge is 0.454 e. The third kappa shape index (κ3) is 2.25. The summed E-state index contributed by atoms with van der Waals surface area (Å²) in [6.07, 6.45) is 0. The normalized spacial score (nSPS) is 12.2. The van der Waals surface area contributed by atoms with Crippen LogP contribution in [-0.2, 0) is 0 Å². The first kappa shape index (κ1) is 12.3. The fraction of sp³-hybridized carbons (Fsp3) is 0.133. The molecule has 1 aliphatic heterocycles. The standard InChI is InChI=1S/C15H14N2O3/c1-9-2-4-12(11(16)6-9)17-15(18)10-3-5-13-14(7-10)20-8-19-13/h2-7H,8,16H2,1H3,(H,17,18). The summed E-state index contributed by atoms with van der Waals surface area (Å²) in [6, 6.07) is 10.6. The van der Waals surface area contributed by atoms with E-state index in [1.165, 1.54) is 0 Å². The zero-order chi connectivity index (χ0) is 14.1. The van der Waals surface area contributed by atoms with Crippen molar-refractivity contribution in [1.29, 1.82) is 0 Å². The van der Waals surface area contributed by atoms with Crippen LogP contribution in [0, 0.1) is 6.92 Å². The molecule has 3 rings (SSSR count). The summed E-state index contributed by atoms with van der Waals surface area (Å²) in [7, 11) is 0. The van der Waals surface area contributed by atoms with E-state index in [1.54, 1.807) is 24.3 Å². The van der Waals surface area contributed by atoms with Gasteiger partial charge in [-0.1, -0.05) is 6.07 Å². The van der Waals surface area contributed by atoms with Crippen LogP contribution in [0.15, 0.2) is 36.4 Å². The van der Waals surface area contributed by atoms with E-state index < -0.39 is 0 Å². The number of hydrogen-bond acceptors (Lipinski definition) is 4. The van der Waals surface area contributed by atoms with E-state index in [1.807, 2.05) is 19.1 Å². The van der Waals surface area contributed by atoms with Gasteiger partial charge in [-0.05, 0) is 42.8 Å². The second-order valence-electron chi connectivity index (χ2n) is 4.61. The van der Waals surface area contributed by atoms with Gasteiger partial charge in [0.2, 0.25) is 6.79 Å². The molecule has 0 saturated heterocycles. The maximum atomic E-state index is 12.2. The SMILES string of the molecule is Cc1ccc(NC(=O)c2ccc3c(c2)OCO3)c(N)c1. The molecule has 1 heterocycles. The van der Waals surface area contributed by atoms with E-state index in [0.29, 0.717) is 28.4 Å². The average molecular weight is 270 g/mol. The van der Waals surface area contributed by atoms with Gasteiger partial charge < -0.3 is 20.5 Å². The van der Waals surface area contributed by atoms with Crippen LogP contribution in [0.1, 0.15) is 15.9 Å². The lowest BCUT2D eigenvalue weighted by Crippen LogP contribution is -2.13. The summed E-state index contributed by atoms with van der Waals surface area (Å²) in [6.45, 7) is 2.13. The number of ether oxygens (including phenoxy) is 2. The average Bonchev–Trinajstić information content (AvgIpc) is 2.89. The topological polar surface area (TPSA) is 73.6 Å². The van der Waals surface area contributed by atoms with Crippen molar-refractivity contribution in [3.05, 3.63) is 47.5 Å². The summed E-state index contributed by atoms with van der Waals surface area (Å²) < 4.78 is 10.5. The molecule has 0 atom stereocenters. The highest BCUT2D eigenvalue weighted by Crippen LogP contribution is 2.32. The monoisotopic (exact) mass is 270 g/mol. The lowest BCUT2D eigenvalue weighted by atomic mass is 10.1. The molecular formula is C15H14N2O3. The summed E-state index contributed by atoms with van der Waals surface area (Å²) in [5, 5.41) is 2.78. The molecular weight excluding hydrogens is 256 g/mol. The molecule has 5 nitrogen and oxygen atoms in total. The maximum absolute atomic E-state index is 12.2. The summed E-state index contributed by atoms with van der Waals surface area (Å²) in [5.74, 6) is 0.991. The molecule has 5 heteroatoms. The Hall–Kier alpha value is -2.69. The number of carbonyl (C=O) groups excluding carboxylic acids is 1. The smallest absolute Gasteiger partial charge is 0.255 e. The molecule has 2 aromatic rings. The van der Waals surface area contributed by atoms with Crippen LogP contribution in [0.25, 0.3) is 0 Å². The number of fused-ring (bicyclic) bond motifs is 1. The Morgan fingerprint density at radius 1 is 1.15 bits per heavy atom. The number of rotatable bonds is 2. The molecule has 0 bridgehead atoms. The van der Waals surface area contributed by atoms with Gasteiger partial charge in [-0.3, -0.25) is 4.79 Å². The molecule has 0 aromatic heterocycles. The molecule has 0 unspecified atom stereocenters. The lowest BCUT2D eigenvalue weighted by molar-refractivity contribution is 0.102. The first-order valence-electron chi connectivity index (χ1n) is 6.20. The van der Waals surface area contributed by atoms with Crippen LogP contribution in [0.5, 0.6) is 11.5 Å². The highest BCUT2D eigenvalue weighted by Gasteiger charge is 2.16. The van der Waals surface area contributed by atoms with E-state index >= 15 is 0 Å². The number of amides is 1. The number of aryl methyl sites for hydroxylation is 1. The van der Waals surface area contributed by atoms with Gasteiger partial charge >= 0.3 is 0 Å². The molecule has 102 valence electrons. The maximum Gasteiger partial charge on any atom is 0.255 e. The highest BCUT2D eigenvalue weighted by molar-refractivity contribution is 6.06. The summed E-state index contributed by atoms with van der Waals surface area (Å²) in [4.78, 5) is 12.2. The summed E-state index contributed by atoms with van der Waals surface area (Å²) >= 11 is 0. The number of anilines is 2. The number of hydrogen-bond donors (Lipinski definition) is 2. The van der Waals surface area contributed by atoms with E-state index in [9.17, 15) is 4.79 Å². The predicted octanol–water partition coefficient (Wildman–Crippen LogP) is 2.56. The third-order valence-corrected chi connectivity index (χ3v) is 3.09.